The van der Waals surface area contributed by atoms with Gasteiger partial charge in [-0.15, -0.1) is 0 Å². The molecule has 0 aromatic rings. The summed E-state index contributed by atoms with van der Waals surface area (Å²) in [5.74, 6) is 0. The smallest absolute Gasteiger partial charge is 0.382 e. The molecule has 0 atom stereocenters. The zero-order chi connectivity index (χ0) is 13.7. The van der Waals surface area contributed by atoms with E-state index < -0.39 is 9.05 Å². The highest BCUT2D eigenvalue weighted by atomic mass is 28.4. The molecule has 0 aromatic heterocycles. The number of hydrogen-bond donors (Lipinski definition) is 0. The van der Waals surface area contributed by atoms with Crippen molar-refractivity contribution < 1.29 is 31.9 Å². The fourth-order valence-corrected chi connectivity index (χ4v) is 2.66. The summed E-state index contributed by atoms with van der Waals surface area (Å²) in [7, 11) is 3.16. The van der Waals surface area contributed by atoms with E-state index in [1.165, 1.54) is 7.11 Å². The van der Waals surface area contributed by atoms with Crippen molar-refractivity contribution in [1.29, 1.82) is 0 Å². The van der Waals surface area contributed by atoms with Crippen LogP contribution in [0, 0.1) is 0 Å². The normalized spacial score (nSPS) is 12.0. The third-order valence-electron chi connectivity index (χ3n) is 1.95. The molecule has 0 saturated heterocycles. The van der Waals surface area contributed by atoms with Gasteiger partial charge in [0.2, 0.25) is 0 Å². The molecule has 0 spiro atoms. The molecule has 0 unspecified atom stereocenters. The Bertz CT molecular complexity index is 155. The third-order valence-corrected chi connectivity index (χ3v) is 4.12. The Morgan fingerprint density at radius 1 is 0.556 bits per heavy atom. The molecule has 0 bridgehead atoms. The number of hydrogen-bond acceptors (Lipinski definition) is 7. The molecule has 8 heteroatoms. The van der Waals surface area contributed by atoms with Crippen LogP contribution < -0.4 is 0 Å². The molecule has 0 amide bonds. The lowest BCUT2D eigenvalue weighted by molar-refractivity contribution is -0.0462. The molecule has 0 rings (SSSR count). The zero-order valence-electron chi connectivity index (χ0n) is 11.6. The summed E-state index contributed by atoms with van der Waals surface area (Å²) in [5.41, 5.74) is 0. The van der Waals surface area contributed by atoms with Crippen LogP contribution in [0.1, 0.15) is 0 Å². The molecule has 0 heterocycles. The Kier molecular flexibility index (Phi) is 12.0. The van der Waals surface area contributed by atoms with Crippen LogP contribution in [0.4, 0.5) is 0 Å². The third kappa shape index (κ3) is 8.11. The van der Waals surface area contributed by atoms with Crippen molar-refractivity contribution in [3.63, 3.8) is 0 Å². The fraction of sp³-hybridized carbons (Fsp3) is 1.00. The van der Waals surface area contributed by atoms with E-state index in [0.29, 0.717) is 39.6 Å². The van der Waals surface area contributed by atoms with Crippen molar-refractivity contribution >= 4 is 9.05 Å². The van der Waals surface area contributed by atoms with Gasteiger partial charge in [-0.25, -0.2) is 0 Å². The van der Waals surface area contributed by atoms with Crippen molar-refractivity contribution in [3.8, 4) is 0 Å². The molecule has 0 saturated carbocycles. The van der Waals surface area contributed by atoms with Gasteiger partial charge in [-0.05, 0) is 0 Å². The Hall–Kier alpha value is -0.0631. The number of methoxy groups -OCH3 is 3. The summed E-state index contributed by atoms with van der Waals surface area (Å²) >= 11 is 0. The second-order valence-electron chi connectivity index (χ2n) is 3.23. The summed E-state index contributed by atoms with van der Waals surface area (Å²) < 4.78 is 36.7. The first-order valence-corrected chi connectivity index (χ1v) is 7.31. The summed E-state index contributed by atoms with van der Waals surface area (Å²) in [6.45, 7) is 2.36. The molecule has 0 aliphatic rings. The van der Waals surface area contributed by atoms with Crippen LogP contribution in [-0.2, 0) is 31.9 Å². The molecule has 0 N–H and O–H groups in total. The lowest BCUT2D eigenvalue weighted by Gasteiger charge is -2.26. The minimum atomic E-state index is -3.12. The fourth-order valence-electron chi connectivity index (χ4n) is 1.05. The molecule has 0 radical (unpaired) electrons. The van der Waals surface area contributed by atoms with Gasteiger partial charge in [0, 0.05) is 28.4 Å². The Morgan fingerprint density at radius 2 is 0.889 bits per heavy atom. The number of ether oxygens (including phenoxy) is 3. The molecular formula is C10H24O7Si. The van der Waals surface area contributed by atoms with Crippen LogP contribution in [0.15, 0.2) is 0 Å². The van der Waals surface area contributed by atoms with Crippen LogP contribution in [0.2, 0.25) is 0 Å². The maximum absolute atomic E-state index is 5.55. The minimum Gasteiger partial charge on any atom is -0.382 e. The van der Waals surface area contributed by atoms with Gasteiger partial charge in [-0.3, -0.25) is 0 Å². The van der Waals surface area contributed by atoms with E-state index in [4.69, 9.17) is 31.9 Å². The molecule has 110 valence electrons. The largest absolute Gasteiger partial charge is 0.679 e. The molecular weight excluding hydrogens is 260 g/mol. The first-order chi connectivity index (χ1) is 8.74. The van der Waals surface area contributed by atoms with Crippen molar-refractivity contribution in [3.05, 3.63) is 0 Å². The van der Waals surface area contributed by atoms with Gasteiger partial charge in [-0.1, -0.05) is 0 Å². The summed E-state index contributed by atoms with van der Waals surface area (Å²) in [6.07, 6.45) is 0. The number of rotatable bonds is 13. The van der Waals surface area contributed by atoms with E-state index in [0.717, 1.165) is 0 Å². The SMILES string of the molecule is COCCO[Si](OC)(OCCOC)OCCOC. The summed E-state index contributed by atoms with van der Waals surface area (Å²) in [5, 5.41) is 0. The van der Waals surface area contributed by atoms with Crippen LogP contribution in [0.3, 0.4) is 0 Å². The first-order valence-electron chi connectivity index (χ1n) is 5.68. The molecule has 0 aliphatic heterocycles. The predicted octanol–water partition coefficient (Wildman–Crippen LogP) is 0.0574. The van der Waals surface area contributed by atoms with Crippen molar-refractivity contribution in [2.24, 2.45) is 0 Å². The maximum Gasteiger partial charge on any atom is 0.679 e. The van der Waals surface area contributed by atoms with Crippen molar-refractivity contribution in [1.82, 2.24) is 0 Å². The van der Waals surface area contributed by atoms with E-state index in [2.05, 4.69) is 0 Å². The average Bonchev–Trinajstić information content (AvgIpc) is 2.39. The average molecular weight is 284 g/mol. The molecule has 7 nitrogen and oxygen atoms in total. The van der Waals surface area contributed by atoms with E-state index in [1.54, 1.807) is 21.3 Å². The van der Waals surface area contributed by atoms with Gasteiger partial charge in [0.1, 0.15) is 0 Å². The molecule has 0 aliphatic carbocycles. The lowest BCUT2D eigenvalue weighted by Crippen LogP contribution is -2.50. The highest BCUT2D eigenvalue weighted by Gasteiger charge is 2.44. The Morgan fingerprint density at radius 3 is 1.11 bits per heavy atom. The van der Waals surface area contributed by atoms with Crippen LogP contribution in [-0.4, -0.2) is 77.1 Å². The van der Waals surface area contributed by atoms with Gasteiger partial charge in [0.05, 0.1) is 39.6 Å². The van der Waals surface area contributed by atoms with E-state index in [1.807, 2.05) is 0 Å². The quantitative estimate of drug-likeness (QED) is 0.350. The predicted molar refractivity (Wildman–Crippen MR) is 66.2 cm³/mol. The molecule has 0 fully saturated rings. The Labute approximate surface area is 110 Å². The summed E-state index contributed by atoms with van der Waals surface area (Å²) in [6, 6.07) is 0. The minimum absolute atomic E-state index is 0.344. The lowest BCUT2D eigenvalue weighted by atomic mass is 10.8. The second kappa shape index (κ2) is 12.0. The first kappa shape index (κ1) is 17.9. The topological polar surface area (TPSA) is 64.6 Å². The highest BCUT2D eigenvalue weighted by molar-refractivity contribution is 6.53. The monoisotopic (exact) mass is 284 g/mol. The Balaban J connectivity index is 4.20. The van der Waals surface area contributed by atoms with Crippen LogP contribution in [0.25, 0.3) is 0 Å². The van der Waals surface area contributed by atoms with Crippen LogP contribution >= 0.6 is 0 Å². The summed E-state index contributed by atoms with van der Waals surface area (Å²) in [4.78, 5) is 0. The maximum atomic E-state index is 5.55. The second-order valence-corrected chi connectivity index (χ2v) is 5.50. The zero-order valence-corrected chi connectivity index (χ0v) is 12.6. The molecule has 18 heavy (non-hydrogen) atoms. The van der Waals surface area contributed by atoms with Gasteiger partial charge >= 0.3 is 9.05 Å². The standard InChI is InChI=1S/C10H24O7Si/c1-11-5-8-15-18(14-4,16-9-6-12-2)17-10-7-13-3/h5-10H2,1-4H3. The van der Waals surface area contributed by atoms with E-state index in [9.17, 15) is 0 Å². The van der Waals surface area contributed by atoms with E-state index >= 15 is 0 Å². The van der Waals surface area contributed by atoms with Gasteiger partial charge < -0.3 is 31.9 Å². The molecule has 0 aromatic carbocycles. The van der Waals surface area contributed by atoms with Crippen molar-refractivity contribution in [2.75, 3.05) is 68.1 Å². The van der Waals surface area contributed by atoms with Gasteiger partial charge in [0.15, 0.2) is 0 Å². The van der Waals surface area contributed by atoms with Gasteiger partial charge in [-0.2, -0.15) is 0 Å². The van der Waals surface area contributed by atoms with Crippen molar-refractivity contribution in [2.45, 2.75) is 0 Å². The highest BCUT2D eigenvalue weighted by Crippen LogP contribution is 2.10. The van der Waals surface area contributed by atoms with Gasteiger partial charge in [0.25, 0.3) is 0 Å². The van der Waals surface area contributed by atoms with Crippen LogP contribution in [0.5, 0.6) is 0 Å². The van der Waals surface area contributed by atoms with E-state index in [-0.39, 0.29) is 0 Å².